The number of aliphatic hydroxyl groups is 1. The molecule has 0 saturated heterocycles. The van der Waals surface area contributed by atoms with Crippen LogP contribution < -0.4 is 0 Å². The Morgan fingerprint density at radius 1 is 0.920 bits per heavy atom. The summed E-state index contributed by atoms with van der Waals surface area (Å²) < 4.78 is 9.50. The SMILES string of the molecule is CO.COC(=O)C(OC(=O)c1ccccc1)C(=O)c1ccccc1O. The summed E-state index contributed by atoms with van der Waals surface area (Å²) in [5.74, 6) is -3.05. The molecule has 0 aliphatic rings. The minimum Gasteiger partial charge on any atom is -0.507 e. The Morgan fingerprint density at radius 3 is 2.04 bits per heavy atom. The van der Waals surface area contributed by atoms with Gasteiger partial charge < -0.3 is 19.7 Å². The molecule has 2 rings (SSSR count). The zero-order valence-corrected chi connectivity index (χ0v) is 13.7. The van der Waals surface area contributed by atoms with Gasteiger partial charge in [0.2, 0.25) is 5.78 Å². The summed E-state index contributed by atoms with van der Waals surface area (Å²) in [5, 5.41) is 16.7. The second kappa shape index (κ2) is 9.84. The molecule has 0 spiro atoms. The molecule has 132 valence electrons. The van der Waals surface area contributed by atoms with E-state index in [1.807, 2.05) is 0 Å². The molecule has 0 bridgehead atoms. The highest BCUT2D eigenvalue weighted by atomic mass is 16.6. The quantitative estimate of drug-likeness (QED) is 0.480. The number of ketones is 1. The van der Waals surface area contributed by atoms with Crippen molar-refractivity contribution in [2.24, 2.45) is 0 Å². The number of methoxy groups -OCH3 is 1. The lowest BCUT2D eigenvalue weighted by molar-refractivity contribution is -0.148. The first-order valence-corrected chi connectivity index (χ1v) is 7.15. The first-order chi connectivity index (χ1) is 12.0. The van der Waals surface area contributed by atoms with E-state index in [4.69, 9.17) is 9.84 Å². The van der Waals surface area contributed by atoms with Crippen LogP contribution >= 0.6 is 0 Å². The second-order valence-corrected chi connectivity index (χ2v) is 4.56. The average molecular weight is 346 g/mol. The predicted molar refractivity (Wildman–Crippen MR) is 88.2 cm³/mol. The van der Waals surface area contributed by atoms with Gasteiger partial charge in [0.15, 0.2) is 0 Å². The van der Waals surface area contributed by atoms with E-state index in [1.165, 1.54) is 36.4 Å². The zero-order chi connectivity index (χ0) is 18.8. The topological polar surface area (TPSA) is 110 Å². The summed E-state index contributed by atoms with van der Waals surface area (Å²) in [5.41, 5.74) is 0.0512. The predicted octanol–water partition coefficient (Wildman–Crippen LogP) is 1.58. The largest absolute Gasteiger partial charge is 0.507 e. The molecule has 2 aromatic carbocycles. The number of carbonyl (C=O) groups excluding carboxylic acids is 3. The third kappa shape index (κ3) is 5.15. The zero-order valence-electron chi connectivity index (χ0n) is 13.7. The smallest absolute Gasteiger partial charge is 0.355 e. The molecule has 0 saturated carbocycles. The van der Waals surface area contributed by atoms with Crippen LogP contribution in [-0.4, -0.2) is 48.3 Å². The fraction of sp³-hybridized carbons (Fsp3) is 0.167. The van der Waals surface area contributed by atoms with Crippen molar-refractivity contribution in [2.45, 2.75) is 6.10 Å². The number of para-hydroxylation sites is 1. The van der Waals surface area contributed by atoms with Gasteiger partial charge in [-0.2, -0.15) is 0 Å². The van der Waals surface area contributed by atoms with E-state index in [0.29, 0.717) is 0 Å². The normalized spacial score (nSPS) is 10.7. The van der Waals surface area contributed by atoms with Crippen molar-refractivity contribution in [3.63, 3.8) is 0 Å². The number of phenols is 1. The Kier molecular flexibility index (Phi) is 7.81. The molecule has 2 N–H and O–H groups in total. The molecule has 0 aliphatic heterocycles. The van der Waals surface area contributed by atoms with Crippen LogP contribution in [0.25, 0.3) is 0 Å². The van der Waals surface area contributed by atoms with Crippen LogP contribution in [-0.2, 0) is 14.3 Å². The molecule has 0 aromatic heterocycles. The number of rotatable bonds is 5. The molecule has 1 unspecified atom stereocenters. The fourth-order valence-corrected chi connectivity index (χ4v) is 1.89. The van der Waals surface area contributed by atoms with Crippen molar-refractivity contribution in [1.29, 1.82) is 0 Å². The third-order valence-corrected chi connectivity index (χ3v) is 3.06. The number of phenolic OH excluding ortho intramolecular Hbond substituents is 1. The molecule has 0 radical (unpaired) electrons. The molecule has 2 aromatic rings. The van der Waals surface area contributed by atoms with Crippen molar-refractivity contribution in [3.8, 4) is 5.75 Å². The maximum Gasteiger partial charge on any atom is 0.355 e. The van der Waals surface area contributed by atoms with Gasteiger partial charge in [-0.05, 0) is 24.3 Å². The van der Waals surface area contributed by atoms with Crippen molar-refractivity contribution >= 4 is 17.7 Å². The van der Waals surface area contributed by atoms with Gasteiger partial charge in [-0.3, -0.25) is 4.79 Å². The number of aromatic hydroxyl groups is 1. The molecule has 0 amide bonds. The standard InChI is InChI=1S/C17H14O6.CH4O/c1-22-17(21)15(14(19)12-9-5-6-10-13(12)18)23-16(20)11-7-3-2-4-8-11;1-2/h2-10,15,18H,1H3;2H,1H3. The van der Waals surface area contributed by atoms with Crippen molar-refractivity contribution < 1.29 is 34.1 Å². The lowest BCUT2D eigenvalue weighted by atomic mass is 10.0. The molecular formula is C18H18O7. The first kappa shape index (κ1) is 19.9. The van der Waals surface area contributed by atoms with Gasteiger partial charge in [0.05, 0.1) is 18.2 Å². The van der Waals surface area contributed by atoms with Crippen LogP contribution in [0.5, 0.6) is 5.75 Å². The summed E-state index contributed by atoms with van der Waals surface area (Å²) in [7, 11) is 2.07. The van der Waals surface area contributed by atoms with Crippen LogP contribution in [0.3, 0.4) is 0 Å². The Morgan fingerprint density at radius 2 is 1.48 bits per heavy atom. The maximum absolute atomic E-state index is 12.4. The highest BCUT2D eigenvalue weighted by Gasteiger charge is 2.34. The minimum absolute atomic E-state index is 0.135. The van der Waals surface area contributed by atoms with Crippen molar-refractivity contribution in [2.75, 3.05) is 14.2 Å². The summed E-state index contributed by atoms with van der Waals surface area (Å²) in [6, 6.07) is 13.6. The van der Waals surface area contributed by atoms with E-state index < -0.39 is 23.8 Å². The van der Waals surface area contributed by atoms with Crippen LogP contribution in [0.15, 0.2) is 54.6 Å². The lowest BCUT2D eigenvalue weighted by Crippen LogP contribution is -2.36. The Balaban J connectivity index is 0.00000151. The molecular weight excluding hydrogens is 328 g/mol. The summed E-state index contributed by atoms with van der Waals surface area (Å²) in [6.45, 7) is 0. The average Bonchev–Trinajstić information content (AvgIpc) is 2.67. The number of benzene rings is 2. The molecule has 0 fully saturated rings. The van der Waals surface area contributed by atoms with Gasteiger partial charge in [0.25, 0.3) is 6.10 Å². The van der Waals surface area contributed by atoms with E-state index in [0.717, 1.165) is 14.2 Å². The molecule has 0 aliphatic carbocycles. The second-order valence-electron chi connectivity index (χ2n) is 4.56. The number of Topliss-reactive ketones (excluding diaryl/α,β-unsaturated/α-hetero) is 1. The number of hydrogen-bond acceptors (Lipinski definition) is 7. The van der Waals surface area contributed by atoms with Crippen molar-refractivity contribution in [3.05, 3.63) is 65.7 Å². The minimum atomic E-state index is -1.79. The van der Waals surface area contributed by atoms with Gasteiger partial charge >= 0.3 is 11.9 Å². The number of aliphatic hydroxyl groups excluding tert-OH is 1. The van der Waals surface area contributed by atoms with Crippen molar-refractivity contribution in [1.82, 2.24) is 0 Å². The van der Waals surface area contributed by atoms with E-state index in [1.54, 1.807) is 18.2 Å². The molecule has 25 heavy (non-hydrogen) atoms. The Hall–Kier alpha value is -3.19. The molecule has 0 heterocycles. The van der Waals surface area contributed by atoms with Crippen LogP contribution in [0.1, 0.15) is 20.7 Å². The van der Waals surface area contributed by atoms with Gasteiger partial charge in [-0.25, -0.2) is 9.59 Å². The van der Waals surface area contributed by atoms with E-state index in [9.17, 15) is 19.5 Å². The van der Waals surface area contributed by atoms with Crippen LogP contribution in [0, 0.1) is 0 Å². The lowest BCUT2D eigenvalue weighted by Gasteiger charge is -2.15. The first-order valence-electron chi connectivity index (χ1n) is 7.15. The number of ether oxygens (including phenoxy) is 2. The summed E-state index contributed by atoms with van der Waals surface area (Å²) in [4.78, 5) is 36.2. The Bertz CT molecular complexity index is 725. The van der Waals surface area contributed by atoms with Gasteiger partial charge in [-0.15, -0.1) is 0 Å². The fourth-order valence-electron chi connectivity index (χ4n) is 1.89. The summed E-state index contributed by atoms with van der Waals surface area (Å²) in [6.07, 6.45) is -1.79. The number of esters is 2. The number of hydrogen-bond donors (Lipinski definition) is 2. The highest BCUT2D eigenvalue weighted by Crippen LogP contribution is 2.19. The van der Waals surface area contributed by atoms with E-state index in [2.05, 4.69) is 4.74 Å². The molecule has 7 nitrogen and oxygen atoms in total. The maximum atomic E-state index is 12.4. The van der Waals surface area contributed by atoms with Gasteiger partial charge in [0.1, 0.15) is 5.75 Å². The van der Waals surface area contributed by atoms with E-state index in [-0.39, 0.29) is 16.9 Å². The number of carbonyl (C=O) groups is 3. The monoisotopic (exact) mass is 346 g/mol. The third-order valence-electron chi connectivity index (χ3n) is 3.06. The Labute approximate surface area is 144 Å². The highest BCUT2D eigenvalue weighted by molar-refractivity contribution is 6.13. The molecule has 1 atom stereocenters. The van der Waals surface area contributed by atoms with Gasteiger partial charge in [0, 0.05) is 7.11 Å². The van der Waals surface area contributed by atoms with Crippen LogP contribution in [0.4, 0.5) is 0 Å². The van der Waals surface area contributed by atoms with E-state index >= 15 is 0 Å². The summed E-state index contributed by atoms with van der Waals surface area (Å²) >= 11 is 0. The van der Waals surface area contributed by atoms with Crippen LogP contribution in [0.2, 0.25) is 0 Å². The molecule has 7 heteroatoms. The van der Waals surface area contributed by atoms with Gasteiger partial charge in [-0.1, -0.05) is 30.3 Å².